The van der Waals surface area contributed by atoms with Gasteiger partial charge in [0.25, 0.3) is 0 Å². The van der Waals surface area contributed by atoms with E-state index >= 15 is 0 Å². The van der Waals surface area contributed by atoms with Gasteiger partial charge in [0.1, 0.15) is 0 Å². The maximum atomic E-state index is 6.10. The number of piperazine rings is 1. The zero-order valence-corrected chi connectivity index (χ0v) is 20.6. The number of guanidine groups is 1. The summed E-state index contributed by atoms with van der Waals surface area (Å²) in [6.45, 7) is 16.5. The molecule has 0 bridgehead atoms. The molecule has 0 aromatic carbocycles. The molecule has 2 N–H and O–H groups in total. The van der Waals surface area contributed by atoms with Gasteiger partial charge in [-0.05, 0) is 32.2 Å². The van der Waals surface area contributed by atoms with Crippen LogP contribution in [0.15, 0.2) is 4.99 Å². The van der Waals surface area contributed by atoms with Gasteiger partial charge in [0, 0.05) is 64.9 Å². The van der Waals surface area contributed by atoms with Crippen LogP contribution in [-0.2, 0) is 4.74 Å². The number of ether oxygens (including phenoxy) is 1. The van der Waals surface area contributed by atoms with Gasteiger partial charge >= 0.3 is 0 Å². The van der Waals surface area contributed by atoms with Crippen molar-refractivity contribution in [3.05, 3.63) is 0 Å². The molecular weight excluding hydrogens is 453 g/mol. The molecule has 2 aliphatic rings. The van der Waals surface area contributed by atoms with Gasteiger partial charge in [-0.3, -0.25) is 9.89 Å². The smallest absolute Gasteiger partial charge is 0.191 e. The first-order chi connectivity index (χ1) is 12.3. The second-order valence-corrected chi connectivity index (χ2v) is 9.08. The van der Waals surface area contributed by atoms with E-state index in [1.807, 2.05) is 7.05 Å². The largest absolute Gasteiger partial charge is 0.377 e. The van der Waals surface area contributed by atoms with Crippen molar-refractivity contribution in [3.8, 4) is 0 Å². The summed E-state index contributed by atoms with van der Waals surface area (Å²) < 4.78 is 6.10. The van der Waals surface area contributed by atoms with E-state index < -0.39 is 0 Å². The third-order valence-electron chi connectivity index (χ3n) is 5.78. The average molecular weight is 495 g/mol. The minimum atomic E-state index is 0. The molecule has 0 spiro atoms. The molecule has 0 aromatic rings. The molecule has 7 heteroatoms. The van der Waals surface area contributed by atoms with Crippen LogP contribution in [0, 0.1) is 11.3 Å². The predicted molar refractivity (Wildman–Crippen MR) is 125 cm³/mol. The Morgan fingerprint density at radius 2 is 1.85 bits per heavy atom. The first-order valence-electron chi connectivity index (χ1n) is 10.3. The zero-order chi connectivity index (χ0) is 19.2. The summed E-state index contributed by atoms with van der Waals surface area (Å²) in [5, 5.41) is 7.05. The highest BCUT2D eigenvalue weighted by molar-refractivity contribution is 14.0. The fraction of sp³-hybridized carbons (Fsp3) is 0.950. The van der Waals surface area contributed by atoms with Crippen molar-refractivity contribution >= 4 is 29.9 Å². The Hall–Kier alpha value is -0.120. The summed E-state index contributed by atoms with van der Waals surface area (Å²) in [5.74, 6) is 1.45. The quantitative estimate of drug-likeness (QED) is 0.348. The highest BCUT2D eigenvalue weighted by Gasteiger charge is 2.35. The van der Waals surface area contributed by atoms with Crippen LogP contribution in [0.25, 0.3) is 0 Å². The van der Waals surface area contributed by atoms with Crippen molar-refractivity contribution in [2.45, 2.75) is 52.7 Å². The summed E-state index contributed by atoms with van der Waals surface area (Å²) >= 11 is 0. The second-order valence-electron chi connectivity index (χ2n) is 9.08. The lowest BCUT2D eigenvalue weighted by Crippen LogP contribution is -2.53. The van der Waals surface area contributed by atoms with E-state index in [2.05, 4.69) is 60.2 Å². The fourth-order valence-electron chi connectivity index (χ4n) is 4.09. The number of hydrogen-bond acceptors (Lipinski definition) is 4. The van der Waals surface area contributed by atoms with Gasteiger partial charge in [0.05, 0.1) is 6.10 Å². The molecule has 0 aliphatic carbocycles. The summed E-state index contributed by atoms with van der Waals surface area (Å²) in [4.78, 5) is 9.37. The number of aliphatic imine (C=N–C) groups is 1. The average Bonchev–Trinajstić information content (AvgIpc) is 2.61. The Balaban J connectivity index is 0.00000364. The lowest BCUT2D eigenvalue weighted by Gasteiger charge is -2.40. The molecule has 2 aliphatic heterocycles. The third kappa shape index (κ3) is 8.03. The molecule has 2 heterocycles. The highest BCUT2D eigenvalue weighted by Crippen LogP contribution is 2.33. The van der Waals surface area contributed by atoms with Crippen LogP contribution in [0.4, 0.5) is 0 Å². The minimum Gasteiger partial charge on any atom is -0.377 e. The van der Waals surface area contributed by atoms with Gasteiger partial charge in [-0.15, -0.1) is 24.0 Å². The van der Waals surface area contributed by atoms with Gasteiger partial charge in [0.15, 0.2) is 5.96 Å². The maximum Gasteiger partial charge on any atom is 0.191 e. The van der Waals surface area contributed by atoms with Crippen molar-refractivity contribution in [3.63, 3.8) is 0 Å². The first kappa shape index (κ1) is 24.9. The molecule has 0 radical (unpaired) electrons. The van der Waals surface area contributed by atoms with Crippen molar-refractivity contribution in [2.24, 2.45) is 16.3 Å². The van der Waals surface area contributed by atoms with Crippen molar-refractivity contribution < 1.29 is 4.74 Å². The van der Waals surface area contributed by atoms with Crippen molar-refractivity contribution in [2.75, 3.05) is 60.0 Å². The molecule has 3 atom stereocenters. The number of halogens is 1. The van der Waals surface area contributed by atoms with E-state index in [4.69, 9.17) is 4.74 Å². The second kappa shape index (κ2) is 11.8. The third-order valence-corrected chi connectivity index (χ3v) is 5.78. The number of likely N-dealkylation sites (N-methyl/N-ethyl adjacent to an activating group) is 1. The number of nitrogens with zero attached hydrogens (tertiary/aromatic N) is 3. The standard InChI is InChI=1S/C20H41N5O.HI/c1-16(25-11-9-24(6)10-12-25)14-22-19(21-5)23-15-17-8-7-13-26-18(17)20(2,3)4;/h16-18H,7-15H2,1-6H3,(H2,21,22,23);1H. The lowest BCUT2D eigenvalue weighted by atomic mass is 9.78. The van der Waals surface area contributed by atoms with Crippen LogP contribution in [0.1, 0.15) is 40.5 Å². The number of hydrogen-bond donors (Lipinski definition) is 2. The zero-order valence-electron chi connectivity index (χ0n) is 18.3. The Bertz CT molecular complexity index is 446. The van der Waals surface area contributed by atoms with Crippen LogP contribution in [-0.4, -0.2) is 87.9 Å². The number of nitrogens with one attached hydrogen (secondary N) is 2. The highest BCUT2D eigenvalue weighted by atomic mass is 127. The van der Waals surface area contributed by atoms with Gasteiger partial charge in [-0.1, -0.05) is 20.8 Å². The summed E-state index contributed by atoms with van der Waals surface area (Å²) in [7, 11) is 4.06. The van der Waals surface area contributed by atoms with E-state index in [0.29, 0.717) is 18.1 Å². The molecule has 0 amide bonds. The molecule has 2 rings (SSSR count). The minimum absolute atomic E-state index is 0. The molecule has 160 valence electrons. The predicted octanol–water partition coefficient (Wildman–Crippen LogP) is 2.25. The van der Waals surface area contributed by atoms with Crippen molar-refractivity contribution in [1.82, 2.24) is 20.4 Å². The summed E-state index contributed by atoms with van der Waals surface area (Å²) in [6.07, 6.45) is 2.70. The Kier molecular flexibility index (Phi) is 10.9. The van der Waals surface area contributed by atoms with E-state index in [1.165, 1.54) is 6.42 Å². The van der Waals surface area contributed by atoms with E-state index in [1.54, 1.807) is 0 Å². The van der Waals surface area contributed by atoms with Gasteiger partial charge in [-0.2, -0.15) is 0 Å². The molecule has 6 nitrogen and oxygen atoms in total. The van der Waals surface area contributed by atoms with Crippen LogP contribution < -0.4 is 10.6 Å². The molecular formula is C20H42IN5O. The van der Waals surface area contributed by atoms with Crippen molar-refractivity contribution in [1.29, 1.82) is 0 Å². The topological polar surface area (TPSA) is 52.1 Å². The van der Waals surface area contributed by atoms with Crippen LogP contribution in [0.5, 0.6) is 0 Å². The molecule has 0 saturated carbocycles. The fourth-order valence-corrected chi connectivity index (χ4v) is 4.09. The molecule has 0 aromatic heterocycles. The van der Waals surface area contributed by atoms with Crippen LogP contribution >= 0.6 is 24.0 Å². The van der Waals surface area contributed by atoms with Gasteiger partial charge in [0.2, 0.25) is 0 Å². The first-order valence-corrected chi connectivity index (χ1v) is 10.3. The monoisotopic (exact) mass is 495 g/mol. The Morgan fingerprint density at radius 3 is 2.44 bits per heavy atom. The van der Waals surface area contributed by atoms with E-state index in [0.717, 1.165) is 58.3 Å². The molecule has 3 unspecified atom stereocenters. The summed E-state index contributed by atoms with van der Waals surface area (Å²) in [6, 6.07) is 0.516. The van der Waals surface area contributed by atoms with Crippen LogP contribution in [0.2, 0.25) is 0 Å². The Labute approximate surface area is 183 Å². The Morgan fingerprint density at radius 1 is 1.19 bits per heavy atom. The lowest BCUT2D eigenvalue weighted by molar-refractivity contribution is -0.0835. The van der Waals surface area contributed by atoms with Gasteiger partial charge in [-0.25, -0.2) is 0 Å². The molecule has 2 saturated heterocycles. The number of rotatable bonds is 5. The summed E-state index contributed by atoms with van der Waals surface area (Å²) in [5.41, 5.74) is 0.180. The molecule has 2 fully saturated rings. The van der Waals surface area contributed by atoms with Crippen LogP contribution in [0.3, 0.4) is 0 Å². The van der Waals surface area contributed by atoms with Gasteiger partial charge < -0.3 is 20.3 Å². The van der Waals surface area contributed by atoms with E-state index in [9.17, 15) is 0 Å². The normalized spacial score (nSPS) is 27.0. The molecule has 27 heavy (non-hydrogen) atoms. The SMILES string of the molecule is CN=C(NCC1CCCOC1C(C)(C)C)NCC(C)N1CCN(C)CC1.I. The maximum absolute atomic E-state index is 6.10. The van der Waals surface area contributed by atoms with E-state index in [-0.39, 0.29) is 29.4 Å².